The summed E-state index contributed by atoms with van der Waals surface area (Å²) in [7, 11) is 0. The van der Waals surface area contributed by atoms with Gasteiger partial charge >= 0.3 is 0 Å². The number of carbonyl (C=O) groups excluding carboxylic acids is 1. The van der Waals surface area contributed by atoms with Crippen LogP contribution in [0.25, 0.3) is 0 Å². The van der Waals surface area contributed by atoms with Gasteiger partial charge in [0.1, 0.15) is 0 Å². The van der Waals surface area contributed by atoms with Crippen LogP contribution in [0.4, 0.5) is 0 Å². The van der Waals surface area contributed by atoms with E-state index in [1.54, 1.807) is 0 Å². The zero-order valence-corrected chi connectivity index (χ0v) is 14.4. The molecule has 0 saturated carbocycles. The van der Waals surface area contributed by atoms with Crippen LogP contribution in [0.3, 0.4) is 0 Å². The quantitative estimate of drug-likeness (QED) is 0.839. The molecule has 1 amide bonds. The van der Waals surface area contributed by atoms with Crippen molar-refractivity contribution in [1.29, 1.82) is 0 Å². The molecule has 0 radical (unpaired) electrons. The minimum atomic E-state index is 0.103. The number of piperidine rings is 1. The molecule has 0 bridgehead atoms. The fraction of sp³-hybridized carbons (Fsp3) is 0.706. The molecule has 1 aromatic rings. The van der Waals surface area contributed by atoms with E-state index in [9.17, 15) is 4.79 Å². The molecule has 2 aliphatic rings. The Morgan fingerprint density at radius 3 is 2.95 bits per heavy atom. The fourth-order valence-electron chi connectivity index (χ4n) is 3.65. The third-order valence-electron chi connectivity index (χ3n) is 4.88. The van der Waals surface area contributed by atoms with Gasteiger partial charge in [-0.15, -0.1) is 11.3 Å². The highest BCUT2D eigenvalue weighted by molar-refractivity contribution is 7.12. The van der Waals surface area contributed by atoms with Gasteiger partial charge in [-0.3, -0.25) is 9.69 Å². The minimum absolute atomic E-state index is 0.103. The molecule has 4 nitrogen and oxygen atoms in total. The van der Waals surface area contributed by atoms with Crippen LogP contribution in [-0.2, 0) is 4.74 Å². The molecule has 1 atom stereocenters. The van der Waals surface area contributed by atoms with E-state index in [0.29, 0.717) is 6.04 Å². The summed E-state index contributed by atoms with van der Waals surface area (Å²) in [6.07, 6.45) is 2.23. The molecule has 2 aliphatic heterocycles. The Balaban J connectivity index is 1.74. The molecule has 2 fully saturated rings. The van der Waals surface area contributed by atoms with E-state index in [-0.39, 0.29) is 11.3 Å². The Morgan fingerprint density at radius 1 is 1.36 bits per heavy atom. The molecule has 122 valence electrons. The Bertz CT molecular complexity index is 503. The fourth-order valence-corrected chi connectivity index (χ4v) is 4.34. The van der Waals surface area contributed by atoms with Crippen LogP contribution in [-0.4, -0.2) is 61.1 Å². The maximum atomic E-state index is 12.7. The van der Waals surface area contributed by atoms with Crippen molar-refractivity contribution in [3.05, 3.63) is 22.4 Å². The number of nitrogens with zero attached hydrogens (tertiary/aromatic N) is 2. The highest BCUT2D eigenvalue weighted by atomic mass is 32.1. The predicted molar refractivity (Wildman–Crippen MR) is 89.4 cm³/mol. The Morgan fingerprint density at radius 2 is 2.23 bits per heavy atom. The molecule has 3 rings (SSSR count). The van der Waals surface area contributed by atoms with E-state index >= 15 is 0 Å². The van der Waals surface area contributed by atoms with Gasteiger partial charge in [-0.25, -0.2) is 0 Å². The van der Waals surface area contributed by atoms with Gasteiger partial charge in [-0.2, -0.15) is 0 Å². The molecule has 0 aromatic carbocycles. The molecule has 1 aromatic heterocycles. The zero-order chi connectivity index (χ0) is 15.6. The predicted octanol–water partition coefficient (Wildman–Crippen LogP) is 2.71. The first-order valence-corrected chi connectivity index (χ1v) is 9.12. The standard InChI is InChI=1S/C17H26N2O2S/c1-14(2)18-8-9-21-13-17(11-18)6-4-7-19(12-17)16(20)15-5-3-10-22-15/h3,5,10,14H,4,6-9,11-13H2,1-2H3/t17-/m0/s1. The number of thiophene rings is 1. The zero-order valence-electron chi connectivity index (χ0n) is 13.6. The summed E-state index contributed by atoms with van der Waals surface area (Å²) in [5, 5.41) is 1.97. The first-order valence-electron chi connectivity index (χ1n) is 8.24. The second-order valence-electron chi connectivity index (χ2n) is 6.92. The largest absolute Gasteiger partial charge is 0.379 e. The molecule has 22 heavy (non-hydrogen) atoms. The van der Waals surface area contributed by atoms with Crippen LogP contribution in [0.1, 0.15) is 36.4 Å². The van der Waals surface area contributed by atoms with E-state index in [1.807, 2.05) is 22.4 Å². The molecule has 2 saturated heterocycles. The van der Waals surface area contributed by atoms with E-state index in [0.717, 1.165) is 57.1 Å². The molecule has 0 N–H and O–H groups in total. The topological polar surface area (TPSA) is 32.8 Å². The number of carbonyl (C=O) groups is 1. The van der Waals surface area contributed by atoms with Crippen LogP contribution in [0.5, 0.6) is 0 Å². The molecular weight excluding hydrogens is 296 g/mol. The molecule has 0 unspecified atom stereocenters. The first kappa shape index (κ1) is 16.0. The van der Waals surface area contributed by atoms with Crippen LogP contribution in [0.2, 0.25) is 0 Å². The summed E-state index contributed by atoms with van der Waals surface area (Å²) in [5.41, 5.74) is 0.103. The average Bonchev–Trinajstić information content (AvgIpc) is 2.97. The van der Waals surface area contributed by atoms with Gasteiger partial charge in [0.05, 0.1) is 18.1 Å². The van der Waals surface area contributed by atoms with Crippen molar-refractivity contribution < 1.29 is 9.53 Å². The minimum Gasteiger partial charge on any atom is -0.379 e. The molecule has 1 spiro atoms. The molecule has 0 aliphatic carbocycles. The molecule has 3 heterocycles. The summed E-state index contributed by atoms with van der Waals surface area (Å²) in [5.74, 6) is 0.189. The highest BCUT2D eigenvalue weighted by Gasteiger charge is 2.40. The lowest BCUT2D eigenvalue weighted by Crippen LogP contribution is -2.52. The monoisotopic (exact) mass is 322 g/mol. The van der Waals surface area contributed by atoms with Gasteiger partial charge in [0, 0.05) is 37.6 Å². The van der Waals surface area contributed by atoms with Crippen LogP contribution in [0.15, 0.2) is 17.5 Å². The number of rotatable bonds is 2. The lowest BCUT2D eigenvalue weighted by molar-refractivity contribution is 0.00592. The Kier molecular flexibility index (Phi) is 4.85. The number of amides is 1. The van der Waals surface area contributed by atoms with Crippen molar-refractivity contribution in [1.82, 2.24) is 9.80 Å². The second kappa shape index (κ2) is 6.69. The van der Waals surface area contributed by atoms with Gasteiger partial charge in [-0.05, 0) is 38.1 Å². The van der Waals surface area contributed by atoms with Gasteiger partial charge < -0.3 is 9.64 Å². The number of likely N-dealkylation sites (tertiary alicyclic amines) is 1. The maximum absolute atomic E-state index is 12.7. The summed E-state index contributed by atoms with van der Waals surface area (Å²) in [6, 6.07) is 4.41. The summed E-state index contributed by atoms with van der Waals surface area (Å²) >= 11 is 1.54. The van der Waals surface area contributed by atoms with E-state index < -0.39 is 0 Å². The van der Waals surface area contributed by atoms with Crippen molar-refractivity contribution in [2.75, 3.05) is 39.4 Å². The van der Waals surface area contributed by atoms with Crippen molar-refractivity contribution in [2.24, 2.45) is 5.41 Å². The number of hydrogen-bond donors (Lipinski definition) is 0. The summed E-state index contributed by atoms with van der Waals surface area (Å²) < 4.78 is 5.91. The third-order valence-corrected chi connectivity index (χ3v) is 5.74. The SMILES string of the molecule is CC(C)N1CCOC[C@@]2(CCCN(C(=O)c3cccs3)C2)C1. The van der Waals surface area contributed by atoms with Crippen LogP contribution < -0.4 is 0 Å². The smallest absolute Gasteiger partial charge is 0.263 e. The Hall–Kier alpha value is -0.910. The third kappa shape index (κ3) is 3.36. The Labute approximate surface area is 137 Å². The summed E-state index contributed by atoms with van der Waals surface area (Å²) in [4.78, 5) is 18.1. The number of ether oxygens (including phenoxy) is 1. The van der Waals surface area contributed by atoms with E-state index in [4.69, 9.17) is 4.74 Å². The van der Waals surface area contributed by atoms with Crippen molar-refractivity contribution in [2.45, 2.75) is 32.7 Å². The van der Waals surface area contributed by atoms with Gasteiger partial charge in [-0.1, -0.05) is 6.07 Å². The summed E-state index contributed by atoms with van der Waals surface area (Å²) in [6.45, 7) is 9.82. The van der Waals surface area contributed by atoms with Gasteiger partial charge in [0.15, 0.2) is 0 Å². The lowest BCUT2D eigenvalue weighted by atomic mass is 9.79. The van der Waals surface area contributed by atoms with Gasteiger partial charge in [0.2, 0.25) is 0 Å². The molecule has 5 heteroatoms. The first-order chi connectivity index (χ1) is 10.6. The second-order valence-corrected chi connectivity index (χ2v) is 7.87. The van der Waals surface area contributed by atoms with E-state index in [2.05, 4.69) is 18.7 Å². The van der Waals surface area contributed by atoms with Crippen molar-refractivity contribution in [3.8, 4) is 0 Å². The highest BCUT2D eigenvalue weighted by Crippen LogP contribution is 2.34. The normalized spacial score (nSPS) is 27.3. The molecular formula is C17H26N2O2S. The lowest BCUT2D eigenvalue weighted by Gasteiger charge is -2.44. The maximum Gasteiger partial charge on any atom is 0.263 e. The van der Waals surface area contributed by atoms with E-state index in [1.165, 1.54) is 11.3 Å². The van der Waals surface area contributed by atoms with Crippen LogP contribution in [0, 0.1) is 5.41 Å². The number of hydrogen-bond acceptors (Lipinski definition) is 4. The average molecular weight is 322 g/mol. The van der Waals surface area contributed by atoms with Crippen molar-refractivity contribution in [3.63, 3.8) is 0 Å². The van der Waals surface area contributed by atoms with Crippen LogP contribution >= 0.6 is 11.3 Å². The van der Waals surface area contributed by atoms with Crippen molar-refractivity contribution >= 4 is 17.2 Å². The van der Waals surface area contributed by atoms with Gasteiger partial charge in [0.25, 0.3) is 5.91 Å².